The number of aliphatic hydroxyl groups excluding tert-OH is 5. The van der Waals surface area contributed by atoms with E-state index in [0.717, 1.165) is 11.1 Å². The molecular formula is C19H30O7. The van der Waals surface area contributed by atoms with Crippen molar-refractivity contribution in [2.24, 2.45) is 5.41 Å². The zero-order valence-electron chi connectivity index (χ0n) is 15.7. The van der Waals surface area contributed by atoms with Gasteiger partial charge in [-0.25, -0.2) is 0 Å². The lowest BCUT2D eigenvalue weighted by Gasteiger charge is -2.40. The Balaban J connectivity index is 2.08. The van der Waals surface area contributed by atoms with Gasteiger partial charge < -0.3 is 35.0 Å². The first-order valence-corrected chi connectivity index (χ1v) is 8.92. The van der Waals surface area contributed by atoms with E-state index in [2.05, 4.69) is 11.8 Å². The molecule has 1 aliphatic heterocycles. The summed E-state index contributed by atoms with van der Waals surface area (Å²) in [5, 5.41) is 48.8. The Morgan fingerprint density at radius 1 is 1.19 bits per heavy atom. The predicted octanol–water partition coefficient (Wildman–Crippen LogP) is -0.308. The van der Waals surface area contributed by atoms with E-state index >= 15 is 0 Å². The molecule has 0 aromatic rings. The van der Waals surface area contributed by atoms with Crippen LogP contribution in [0.4, 0.5) is 0 Å². The second kappa shape index (κ2) is 8.36. The fourth-order valence-electron chi connectivity index (χ4n) is 3.66. The van der Waals surface area contributed by atoms with Crippen molar-refractivity contribution in [1.29, 1.82) is 0 Å². The van der Waals surface area contributed by atoms with E-state index in [1.165, 1.54) is 0 Å². The van der Waals surface area contributed by atoms with Crippen molar-refractivity contribution >= 4 is 0 Å². The topological polar surface area (TPSA) is 120 Å². The minimum Gasteiger partial charge on any atom is -0.394 e. The second-order valence-corrected chi connectivity index (χ2v) is 7.85. The van der Waals surface area contributed by atoms with Crippen LogP contribution in [-0.2, 0) is 9.47 Å². The summed E-state index contributed by atoms with van der Waals surface area (Å²) in [6, 6.07) is 0. The third kappa shape index (κ3) is 4.65. The van der Waals surface area contributed by atoms with Gasteiger partial charge in [0.2, 0.25) is 0 Å². The Bertz CT molecular complexity index is 586. The zero-order valence-corrected chi connectivity index (χ0v) is 15.7. The van der Waals surface area contributed by atoms with E-state index in [1.54, 1.807) is 6.92 Å². The monoisotopic (exact) mass is 370 g/mol. The summed E-state index contributed by atoms with van der Waals surface area (Å²) in [7, 11) is 0. The highest BCUT2D eigenvalue weighted by Crippen LogP contribution is 2.39. The normalized spacial score (nSPS) is 38.5. The number of allylic oxidation sites excluding steroid dienone is 1. The van der Waals surface area contributed by atoms with E-state index in [4.69, 9.17) is 9.47 Å². The average molecular weight is 370 g/mol. The summed E-state index contributed by atoms with van der Waals surface area (Å²) in [6.45, 7) is 7.21. The molecule has 0 aromatic heterocycles. The molecule has 7 nitrogen and oxygen atoms in total. The molecule has 0 amide bonds. The van der Waals surface area contributed by atoms with Gasteiger partial charge in [0.25, 0.3) is 0 Å². The molecule has 0 saturated carbocycles. The van der Waals surface area contributed by atoms with Gasteiger partial charge in [-0.05, 0) is 26.7 Å². The summed E-state index contributed by atoms with van der Waals surface area (Å²) in [5.74, 6) is 6.10. The van der Waals surface area contributed by atoms with Crippen LogP contribution in [0.3, 0.4) is 0 Å². The summed E-state index contributed by atoms with van der Waals surface area (Å²) >= 11 is 0. The fraction of sp³-hybridized carbons (Fsp3) is 0.789. The van der Waals surface area contributed by atoms with Crippen molar-refractivity contribution in [3.8, 4) is 11.8 Å². The summed E-state index contributed by atoms with van der Waals surface area (Å²) in [4.78, 5) is 0. The van der Waals surface area contributed by atoms with E-state index in [-0.39, 0.29) is 11.5 Å². The molecule has 1 saturated heterocycles. The van der Waals surface area contributed by atoms with E-state index < -0.39 is 43.4 Å². The third-order valence-electron chi connectivity index (χ3n) is 4.98. The highest BCUT2D eigenvalue weighted by molar-refractivity contribution is 5.40. The molecule has 148 valence electrons. The number of ether oxygens (including phenoxy) is 2. The maximum atomic E-state index is 10.0. The first-order valence-electron chi connectivity index (χ1n) is 8.92. The number of rotatable bonds is 3. The molecule has 0 spiro atoms. The molecule has 1 fully saturated rings. The Morgan fingerprint density at radius 3 is 2.42 bits per heavy atom. The van der Waals surface area contributed by atoms with Gasteiger partial charge in [0.15, 0.2) is 6.29 Å². The molecule has 1 heterocycles. The lowest BCUT2D eigenvalue weighted by molar-refractivity contribution is -0.305. The van der Waals surface area contributed by atoms with Crippen molar-refractivity contribution < 1.29 is 35.0 Å². The maximum absolute atomic E-state index is 10.0. The number of hydrogen-bond acceptors (Lipinski definition) is 7. The Labute approximate surface area is 154 Å². The van der Waals surface area contributed by atoms with Crippen molar-refractivity contribution in [2.75, 3.05) is 6.61 Å². The smallest absolute Gasteiger partial charge is 0.188 e. The number of aliphatic hydroxyl groups is 5. The molecule has 0 bridgehead atoms. The van der Waals surface area contributed by atoms with Crippen LogP contribution < -0.4 is 0 Å². The lowest BCUT2D eigenvalue weighted by Crippen LogP contribution is -2.59. The SMILES string of the molecule is CC1=C(C#C[C@H](C)O[C@@H]2O[C@H](CO)[C@@H](O)[C@H](O)[C@H]2O)C(C)(C)C[C@H](O)C1. The molecule has 0 aromatic carbocycles. The largest absolute Gasteiger partial charge is 0.394 e. The molecule has 1 aliphatic carbocycles. The molecule has 26 heavy (non-hydrogen) atoms. The predicted molar refractivity (Wildman–Crippen MR) is 93.8 cm³/mol. The van der Waals surface area contributed by atoms with Gasteiger partial charge in [0.05, 0.1) is 12.7 Å². The summed E-state index contributed by atoms with van der Waals surface area (Å²) in [6.07, 6.45) is -6.30. The van der Waals surface area contributed by atoms with Gasteiger partial charge in [0.1, 0.15) is 30.5 Å². The van der Waals surface area contributed by atoms with Crippen LogP contribution in [0.25, 0.3) is 0 Å². The Hall–Kier alpha value is -0.980. The number of hydrogen-bond donors (Lipinski definition) is 5. The van der Waals surface area contributed by atoms with E-state index in [9.17, 15) is 25.5 Å². The molecule has 0 unspecified atom stereocenters. The van der Waals surface area contributed by atoms with Gasteiger partial charge >= 0.3 is 0 Å². The van der Waals surface area contributed by atoms with E-state index in [0.29, 0.717) is 12.8 Å². The summed E-state index contributed by atoms with van der Waals surface area (Å²) < 4.78 is 10.9. The zero-order chi connectivity index (χ0) is 19.6. The van der Waals surface area contributed by atoms with Crippen LogP contribution in [0, 0.1) is 17.3 Å². The lowest BCUT2D eigenvalue weighted by atomic mass is 9.72. The third-order valence-corrected chi connectivity index (χ3v) is 4.98. The van der Waals surface area contributed by atoms with Gasteiger partial charge in [0, 0.05) is 11.0 Å². The molecule has 2 aliphatic rings. The van der Waals surface area contributed by atoms with Crippen LogP contribution in [0.1, 0.15) is 40.5 Å². The molecule has 7 atom stereocenters. The average Bonchev–Trinajstić information content (AvgIpc) is 2.53. The van der Waals surface area contributed by atoms with Crippen LogP contribution in [0.2, 0.25) is 0 Å². The van der Waals surface area contributed by atoms with Gasteiger partial charge in [-0.1, -0.05) is 31.3 Å². The Kier molecular flexibility index (Phi) is 6.86. The van der Waals surface area contributed by atoms with Crippen molar-refractivity contribution in [1.82, 2.24) is 0 Å². The van der Waals surface area contributed by atoms with Gasteiger partial charge in [-0.2, -0.15) is 0 Å². The molecular weight excluding hydrogens is 340 g/mol. The molecule has 7 heteroatoms. The van der Waals surface area contributed by atoms with Crippen LogP contribution >= 0.6 is 0 Å². The molecule has 2 rings (SSSR count). The first-order chi connectivity index (χ1) is 12.1. The van der Waals surface area contributed by atoms with E-state index in [1.807, 2.05) is 20.8 Å². The quantitative estimate of drug-likeness (QED) is 0.432. The highest BCUT2D eigenvalue weighted by Gasteiger charge is 2.44. The fourth-order valence-corrected chi connectivity index (χ4v) is 3.66. The van der Waals surface area contributed by atoms with Crippen molar-refractivity contribution in [3.63, 3.8) is 0 Å². The standard InChI is InChI=1S/C19H30O7/c1-10-7-12(21)8-19(3,4)13(10)6-5-11(2)25-18-17(24)16(23)15(22)14(9-20)26-18/h11-12,14-18,20-24H,7-9H2,1-4H3/t11-,12+,14+,15+,16-,17+,18+/m0/s1. The first kappa shape index (κ1) is 21.3. The van der Waals surface area contributed by atoms with Crippen LogP contribution in [0.5, 0.6) is 0 Å². The van der Waals surface area contributed by atoms with Crippen molar-refractivity contribution in [3.05, 3.63) is 11.1 Å². The minimum absolute atomic E-state index is 0.238. The Morgan fingerprint density at radius 2 is 1.85 bits per heavy atom. The highest BCUT2D eigenvalue weighted by atomic mass is 16.7. The van der Waals surface area contributed by atoms with Gasteiger partial charge in [-0.3, -0.25) is 0 Å². The van der Waals surface area contributed by atoms with Gasteiger partial charge in [-0.15, -0.1) is 0 Å². The second-order valence-electron chi connectivity index (χ2n) is 7.85. The van der Waals surface area contributed by atoms with Crippen molar-refractivity contribution in [2.45, 2.75) is 83.5 Å². The minimum atomic E-state index is -1.48. The van der Waals surface area contributed by atoms with Crippen LogP contribution in [-0.4, -0.2) is 75.1 Å². The van der Waals surface area contributed by atoms with Crippen LogP contribution in [0.15, 0.2) is 11.1 Å². The molecule has 0 radical (unpaired) electrons. The summed E-state index contributed by atoms with van der Waals surface area (Å²) in [5.41, 5.74) is 1.77. The molecule has 5 N–H and O–H groups in total. The maximum Gasteiger partial charge on any atom is 0.188 e.